The lowest BCUT2D eigenvalue weighted by molar-refractivity contribution is 0.372. The molecular weight excluding hydrogens is 302 g/mol. The molecule has 2 aromatic carbocycles. The van der Waals surface area contributed by atoms with Gasteiger partial charge < -0.3 is 5.32 Å². The molecule has 0 amide bonds. The van der Waals surface area contributed by atoms with Gasteiger partial charge in [-0.3, -0.25) is 9.88 Å². The zero-order valence-electron chi connectivity index (χ0n) is 13.2. The molecule has 0 radical (unpaired) electrons. The fraction of sp³-hybridized carbons (Fsp3) is 0.158. The van der Waals surface area contributed by atoms with Crippen molar-refractivity contribution in [1.29, 1.82) is 0 Å². The van der Waals surface area contributed by atoms with Crippen LogP contribution in [0.25, 0.3) is 10.8 Å². The van der Waals surface area contributed by atoms with Gasteiger partial charge in [-0.15, -0.1) is 0 Å². The van der Waals surface area contributed by atoms with Crippen LogP contribution in [0.3, 0.4) is 0 Å². The minimum absolute atomic E-state index is 0.0411. The van der Waals surface area contributed by atoms with Crippen LogP contribution in [-0.4, -0.2) is 29.0 Å². The second-order valence-electron chi connectivity index (χ2n) is 5.70. The van der Waals surface area contributed by atoms with Gasteiger partial charge in [-0.2, -0.15) is 0 Å². The Morgan fingerprint density at radius 2 is 1.83 bits per heavy atom. The van der Waals surface area contributed by atoms with E-state index < -0.39 is 0 Å². The Hall–Kier alpha value is -2.30. The van der Waals surface area contributed by atoms with Gasteiger partial charge in [0, 0.05) is 23.5 Å². The first-order chi connectivity index (χ1) is 11.1. The van der Waals surface area contributed by atoms with Crippen LogP contribution in [0.1, 0.15) is 11.6 Å². The maximum Gasteiger partial charge on any atom is 0.102 e. The van der Waals surface area contributed by atoms with Gasteiger partial charge in [-0.05, 0) is 43.2 Å². The van der Waals surface area contributed by atoms with E-state index in [2.05, 4.69) is 39.5 Å². The highest BCUT2D eigenvalue weighted by atomic mass is 32.1. The molecule has 3 aromatic rings. The summed E-state index contributed by atoms with van der Waals surface area (Å²) in [5.74, 6) is 0. The Kier molecular flexibility index (Phi) is 4.65. The van der Waals surface area contributed by atoms with E-state index in [0.29, 0.717) is 0 Å². The first-order valence-electron chi connectivity index (χ1n) is 7.51. The van der Waals surface area contributed by atoms with Gasteiger partial charge in [-0.1, -0.05) is 48.6 Å². The van der Waals surface area contributed by atoms with Crippen LogP contribution >= 0.6 is 12.2 Å². The lowest BCUT2D eigenvalue weighted by Crippen LogP contribution is -2.30. The van der Waals surface area contributed by atoms with Gasteiger partial charge in [0.2, 0.25) is 0 Å². The molecule has 3 nitrogen and oxygen atoms in total. The van der Waals surface area contributed by atoms with Gasteiger partial charge >= 0.3 is 0 Å². The molecule has 1 atom stereocenters. The average molecular weight is 321 g/mol. The van der Waals surface area contributed by atoms with Gasteiger partial charge in [0.1, 0.15) is 4.99 Å². The highest BCUT2D eigenvalue weighted by Crippen LogP contribution is 2.23. The Balaban J connectivity index is 1.86. The smallest absolute Gasteiger partial charge is 0.102 e. The fourth-order valence-electron chi connectivity index (χ4n) is 2.69. The van der Waals surface area contributed by atoms with Crippen LogP contribution in [0.5, 0.6) is 0 Å². The first kappa shape index (κ1) is 15.6. The number of fused-ring (bicyclic) bond motifs is 1. The molecule has 0 fully saturated rings. The van der Waals surface area contributed by atoms with E-state index in [1.807, 2.05) is 50.6 Å². The topological polar surface area (TPSA) is 28.2 Å². The van der Waals surface area contributed by atoms with Crippen molar-refractivity contribution < 1.29 is 0 Å². The van der Waals surface area contributed by atoms with Crippen LogP contribution < -0.4 is 5.32 Å². The molecule has 0 aliphatic heterocycles. The third-order valence-corrected chi connectivity index (χ3v) is 4.11. The maximum atomic E-state index is 5.67. The van der Waals surface area contributed by atoms with Crippen LogP contribution in [0.4, 0.5) is 5.69 Å². The van der Waals surface area contributed by atoms with Crippen molar-refractivity contribution in [2.75, 3.05) is 19.4 Å². The van der Waals surface area contributed by atoms with E-state index in [4.69, 9.17) is 12.2 Å². The number of rotatable bonds is 4. The minimum Gasteiger partial charge on any atom is -0.348 e. The van der Waals surface area contributed by atoms with E-state index in [1.165, 1.54) is 5.56 Å². The zero-order valence-corrected chi connectivity index (χ0v) is 14.0. The van der Waals surface area contributed by atoms with Crippen LogP contribution in [0.2, 0.25) is 0 Å². The summed E-state index contributed by atoms with van der Waals surface area (Å²) >= 11 is 5.67. The summed E-state index contributed by atoms with van der Waals surface area (Å²) in [5.41, 5.74) is 2.18. The largest absolute Gasteiger partial charge is 0.348 e. The Bertz CT molecular complexity index is 815. The van der Waals surface area contributed by atoms with Crippen LogP contribution in [0, 0.1) is 0 Å². The van der Waals surface area contributed by atoms with Crippen molar-refractivity contribution in [2.24, 2.45) is 0 Å². The number of nitrogens with one attached hydrogen (secondary N) is 1. The monoisotopic (exact) mass is 321 g/mol. The molecule has 116 valence electrons. The van der Waals surface area contributed by atoms with Crippen molar-refractivity contribution in [2.45, 2.75) is 6.04 Å². The number of nitrogens with zero attached hydrogens (tertiary/aromatic N) is 2. The number of anilines is 1. The third kappa shape index (κ3) is 3.55. The van der Waals surface area contributed by atoms with Crippen molar-refractivity contribution >= 4 is 33.7 Å². The van der Waals surface area contributed by atoms with Crippen molar-refractivity contribution in [1.82, 2.24) is 9.88 Å². The molecular formula is C19H19N3S. The van der Waals surface area contributed by atoms with E-state index >= 15 is 0 Å². The Morgan fingerprint density at radius 3 is 2.57 bits per heavy atom. The first-order valence-corrected chi connectivity index (χ1v) is 7.92. The van der Waals surface area contributed by atoms with Gasteiger partial charge in [0.25, 0.3) is 0 Å². The van der Waals surface area contributed by atoms with E-state index in [9.17, 15) is 0 Å². The summed E-state index contributed by atoms with van der Waals surface area (Å²) in [6.07, 6.45) is 3.67. The van der Waals surface area contributed by atoms with Gasteiger partial charge in [0.05, 0.1) is 6.04 Å². The highest BCUT2D eigenvalue weighted by Gasteiger charge is 2.19. The molecule has 0 aliphatic rings. The second-order valence-corrected chi connectivity index (χ2v) is 6.14. The zero-order chi connectivity index (χ0) is 16.2. The summed E-state index contributed by atoms with van der Waals surface area (Å²) in [5, 5.41) is 5.65. The molecule has 0 saturated carbocycles. The lowest BCUT2D eigenvalue weighted by atomic mass is 10.1. The predicted octanol–water partition coefficient (Wildman–Crippen LogP) is 4.28. The van der Waals surface area contributed by atoms with Gasteiger partial charge in [-0.25, -0.2) is 0 Å². The highest BCUT2D eigenvalue weighted by molar-refractivity contribution is 7.80. The summed E-state index contributed by atoms with van der Waals surface area (Å²) < 4.78 is 0. The normalized spacial score (nSPS) is 12.3. The molecule has 1 heterocycles. The van der Waals surface area contributed by atoms with Crippen LogP contribution in [-0.2, 0) is 0 Å². The van der Waals surface area contributed by atoms with Crippen molar-refractivity contribution in [3.8, 4) is 0 Å². The molecule has 1 N–H and O–H groups in total. The lowest BCUT2D eigenvalue weighted by Gasteiger charge is -2.26. The Morgan fingerprint density at radius 1 is 1.04 bits per heavy atom. The van der Waals surface area contributed by atoms with Crippen molar-refractivity contribution in [3.63, 3.8) is 0 Å². The molecule has 1 unspecified atom stereocenters. The van der Waals surface area contributed by atoms with E-state index in [1.54, 1.807) is 6.20 Å². The molecule has 1 aromatic heterocycles. The Labute approximate surface area is 142 Å². The second kappa shape index (κ2) is 6.86. The van der Waals surface area contributed by atoms with E-state index in [-0.39, 0.29) is 6.04 Å². The molecule has 23 heavy (non-hydrogen) atoms. The number of thiocarbonyl (C=S) groups is 1. The number of likely N-dealkylation sites (N-methyl/N-ethyl adjacent to an activating group) is 1. The predicted molar refractivity (Wildman–Crippen MR) is 101 cm³/mol. The molecule has 0 spiro atoms. The molecule has 0 saturated heterocycles. The molecule has 0 aliphatic carbocycles. The maximum absolute atomic E-state index is 5.67. The number of hydrogen-bond acceptors (Lipinski definition) is 3. The summed E-state index contributed by atoms with van der Waals surface area (Å²) in [6.45, 7) is 0. The number of aromatic nitrogens is 1. The van der Waals surface area contributed by atoms with Crippen molar-refractivity contribution in [3.05, 3.63) is 72.6 Å². The summed E-state index contributed by atoms with van der Waals surface area (Å²) in [4.78, 5) is 7.05. The summed E-state index contributed by atoms with van der Waals surface area (Å²) in [7, 11) is 4.08. The van der Waals surface area contributed by atoms with E-state index in [0.717, 1.165) is 21.4 Å². The standard InChI is InChI=1S/C19H19N3S/c1-22(2)18(14-6-4-3-5-7-14)19(23)21-17-9-8-16-13-20-11-10-15(16)12-17/h3-13,18H,1-2H3,(H,21,23). The third-order valence-electron chi connectivity index (χ3n) is 3.79. The number of benzene rings is 2. The van der Waals surface area contributed by atoms with Gasteiger partial charge in [0.15, 0.2) is 0 Å². The quantitative estimate of drug-likeness (QED) is 0.726. The van der Waals surface area contributed by atoms with Crippen LogP contribution in [0.15, 0.2) is 67.0 Å². The molecule has 0 bridgehead atoms. The number of hydrogen-bond donors (Lipinski definition) is 1. The summed E-state index contributed by atoms with van der Waals surface area (Å²) in [6, 6.07) is 18.5. The fourth-order valence-corrected chi connectivity index (χ4v) is 3.16. The molecule has 3 rings (SSSR count). The minimum atomic E-state index is 0.0411. The molecule has 4 heteroatoms. The SMILES string of the molecule is CN(C)C(C(=S)Nc1ccc2cnccc2c1)c1ccccc1. The average Bonchev–Trinajstić information content (AvgIpc) is 2.55. The number of pyridine rings is 1.